The highest BCUT2D eigenvalue weighted by atomic mass is 127. The van der Waals surface area contributed by atoms with Crippen LogP contribution in [0.2, 0.25) is 0 Å². The summed E-state index contributed by atoms with van der Waals surface area (Å²) in [5, 5.41) is 14.8. The fraction of sp³-hybridized carbons (Fsp3) is 0.526. The Morgan fingerprint density at radius 1 is 1.19 bits per heavy atom. The maximum atomic E-state index is 5.68. The highest BCUT2D eigenvalue weighted by Gasteiger charge is 2.05. The monoisotopic (exact) mass is 486 g/mol. The molecule has 0 unspecified atom stereocenters. The normalized spacial score (nSPS) is 11.1. The van der Waals surface area contributed by atoms with Crippen LogP contribution in [-0.2, 0) is 30.9 Å². The number of aryl methyl sites for hydroxylation is 1. The Labute approximate surface area is 179 Å². The van der Waals surface area contributed by atoms with Crippen molar-refractivity contribution in [3.63, 3.8) is 0 Å². The van der Waals surface area contributed by atoms with Crippen molar-refractivity contribution in [3.05, 3.63) is 47.5 Å². The third kappa shape index (κ3) is 7.84. The average molecular weight is 486 g/mol. The number of nitrogens with zero attached hydrogens (tertiary/aromatic N) is 4. The van der Waals surface area contributed by atoms with Gasteiger partial charge >= 0.3 is 0 Å². The summed E-state index contributed by atoms with van der Waals surface area (Å²) < 4.78 is 7.74. The minimum Gasteiger partial charge on any atom is -0.377 e. The summed E-state index contributed by atoms with van der Waals surface area (Å²) in [6.07, 6.45) is 3.68. The number of halogens is 1. The minimum atomic E-state index is 0. The van der Waals surface area contributed by atoms with Gasteiger partial charge < -0.3 is 19.9 Å². The van der Waals surface area contributed by atoms with Crippen molar-refractivity contribution >= 4 is 29.9 Å². The molecule has 0 bridgehead atoms. The fourth-order valence-electron chi connectivity index (χ4n) is 2.63. The van der Waals surface area contributed by atoms with E-state index in [0.29, 0.717) is 13.2 Å². The van der Waals surface area contributed by atoms with Gasteiger partial charge in [-0.15, -0.1) is 34.2 Å². The van der Waals surface area contributed by atoms with Crippen LogP contribution in [0.3, 0.4) is 0 Å². The van der Waals surface area contributed by atoms with Crippen LogP contribution in [0.1, 0.15) is 37.2 Å². The lowest BCUT2D eigenvalue weighted by Gasteiger charge is -2.15. The van der Waals surface area contributed by atoms with Gasteiger partial charge in [-0.1, -0.05) is 38.1 Å². The molecule has 8 heteroatoms. The molecule has 27 heavy (non-hydrogen) atoms. The number of benzene rings is 1. The number of aliphatic imine (C=N–C) groups is 1. The molecule has 0 saturated carbocycles. The van der Waals surface area contributed by atoms with E-state index in [4.69, 9.17) is 4.74 Å². The molecule has 0 aliphatic rings. The van der Waals surface area contributed by atoms with Crippen molar-refractivity contribution in [2.45, 2.75) is 46.4 Å². The molecule has 0 atom stereocenters. The average Bonchev–Trinajstić information content (AvgIpc) is 3.13. The van der Waals surface area contributed by atoms with E-state index in [1.165, 1.54) is 11.1 Å². The summed E-state index contributed by atoms with van der Waals surface area (Å²) in [6, 6.07) is 8.33. The predicted molar refractivity (Wildman–Crippen MR) is 119 cm³/mol. The number of rotatable bonds is 10. The van der Waals surface area contributed by atoms with Gasteiger partial charge in [-0.2, -0.15) is 0 Å². The summed E-state index contributed by atoms with van der Waals surface area (Å²) in [5.41, 5.74) is 2.43. The molecular formula is C19H31IN6O. The topological polar surface area (TPSA) is 76.4 Å². The lowest BCUT2D eigenvalue weighted by atomic mass is 10.1. The Bertz CT molecular complexity index is 688. The summed E-state index contributed by atoms with van der Waals surface area (Å²) in [4.78, 5) is 4.29. The summed E-state index contributed by atoms with van der Waals surface area (Å²) >= 11 is 0. The highest BCUT2D eigenvalue weighted by molar-refractivity contribution is 14.0. The molecule has 0 aliphatic carbocycles. The van der Waals surface area contributed by atoms with Gasteiger partial charge in [0.1, 0.15) is 12.2 Å². The lowest BCUT2D eigenvalue weighted by Crippen LogP contribution is -2.38. The molecule has 1 aromatic heterocycles. The van der Waals surface area contributed by atoms with E-state index in [1.54, 1.807) is 13.4 Å². The third-order valence-electron chi connectivity index (χ3n) is 4.05. The van der Waals surface area contributed by atoms with Crippen LogP contribution in [0, 0.1) is 0 Å². The SMILES string of the molecule is CCCOCc1ccccc1CNC(=NC)NCCn1cnnc1CC.I. The van der Waals surface area contributed by atoms with E-state index in [2.05, 4.69) is 62.4 Å². The number of guanidine groups is 1. The molecule has 0 amide bonds. The van der Waals surface area contributed by atoms with Gasteiger partial charge in [0.2, 0.25) is 0 Å². The molecule has 2 rings (SSSR count). The maximum absolute atomic E-state index is 5.68. The van der Waals surface area contributed by atoms with Gasteiger partial charge in [0, 0.05) is 39.7 Å². The fourth-order valence-corrected chi connectivity index (χ4v) is 2.63. The molecule has 0 saturated heterocycles. The second-order valence-corrected chi connectivity index (χ2v) is 5.97. The van der Waals surface area contributed by atoms with Gasteiger partial charge in [-0.25, -0.2) is 0 Å². The zero-order valence-electron chi connectivity index (χ0n) is 16.4. The standard InChI is InChI=1S/C19H30N6O.HI/c1-4-12-26-14-17-9-7-6-8-16(17)13-22-19(20-3)21-10-11-25-15-23-24-18(25)5-2;/h6-9,15H,4-5,10-14H2,1-3H3,(H2,20,21,22);1H. The number of ether oxygens (including phenoxy) is 1. The van der Waals surface area contributed by atoms with Gasteiger partial charge in [0.15, 0.2) is 5.96 Å². The first-order valence-corrected chi connectivity index (χ1v) is 9.24. The zero-order chi connectivity index (χ0) is 18.6. The van der Waals surface area contributed by atoms with E-state index < -0.39 is 0 Å². The molecule has 150 valence electrons. The molecule has 2 N–H and O–H groups in total. The Morgan fingerprint density at radius 3 is 2.67 bits per heavy atom. The highest BCUT2D eigenvalue weighted by Crippen LogP contribution is 2.10. The summed E-state index contributed by atoms with van der Waals surface area (Å²) in [5.74, 6) is 1.77. The van der Waals surface area contributed by atoms with E-state index in [9.17, 15) is 0 Å². The quantitative estimate of drug-likeness (QED) is 0.234. The van der Waals surface area contributed by atoms with E-state index in [-0.39, 0.29) is 24.0 Å². The first kappa shape index (κ1) is 23.4. The van der Waals surface area contributed by atoms with Crippen LogP contribution in [0.15, 0.2) is 35.6 Å². The van der Waals surface area contributed by atoms with Crippen LogP contribution >= 0.6 is 24.0 Å². The van der Waals surface area contributed by atoms with Crippen LogP contribution in [0.5, 0.6) is 0 Å². The van der Waals surface area contributed by atoms with Crippen molar-refractivity contribution < 1.29 is 4.74 Å². The molecule has 0 radical (unpaired) electrons. The zero-order valence-corrected chi connectivity index (χ0v) is 18.8. The number of nitrogens with one attached hydrogen (secondary N) is 2. The largest absolute Gasteiger partial charge is 0.377 e. The van der Waals surface area contributed by atoms with Crippen LogP contribution in [0.4, 0.5) is 0 Å². The second-order valence-electron chi connectivity index (χ2n) is 5.97. The third-order valence-corrected chi connectivity index (χ3v) is 4.05. The predicted octanol–water partition coefficient (Wildman–Crippen LogP) is 2.75. The Hall–Kier alpha value is -1.68. The van der Waals surface area contributed by atoms with Gasteiger partial charge in [-0.05, 0) is 17.5 Å². The van der Waals surface area contributed by atoms with Gasteiger partial charge in [-0.3, -0.25) is 4.99 Å². The van der Waals surface area contributed by atoms with Crippen LogP contribution in [-0.4, -0.2) is 40.9 Å². The Morgan fingerprint density at radius 2 is 1.96 bits per heavy atom. The first-order chi connectivity index (χ1) is 12.8. The molecule has 2 aromatic rings. The maximum Gasteiger partial charge on any atom is 0.191 e. The van der Waals surface area contributed by atoms with Crippen molar-refractivity contribution in [3.8, 4) is 0 Å². The first-order valence-electron chi connectivity index (χ1n) is 9.24. The molecule has 0 spiro atoms. The van der Waals surface area contributed by atoms with Gasteiger partial charge in [0.05, 0.1) is 6.61 Å². The smallest absolute Gasteiger partial charge is 0.191 e. The van der Waals surface area contributed by atoms with Crippen molar-refractivity contribution in [1.82, 2.24) is 25.4 Å². The van der Waals surface area contributed by atoms with Crippen molar-refractivity contribution in [2.24, 2.45) is 4.99 Å². The molecule has 7 nitrogen and oxygen atoms in total. The molecule has 0 fully saturated rings. The van der Waals surface area contributed by atoms with Crippen molar-refractivity contribution in [2.75, 3.05) is 20.2 Å². The van der Waals surface area contributed by atoms with Crippen molar-refractivity contribution in [1.29, 1.82) is 0 Å². The minimum absolute atomic E-state index is 0. The second kappa shape index (κ2) is 13.5. The molecule has 1 aromatic carbocycles. The van der Waals surface area contributed by atoms with Gasteiger partial charge in [0.25, 0.3) is 0 Å². The molecular weight excluding hydrogens is 455 g/mol. The van der Waals surface area contributed by atoms with E-state index >= 15 is 0 Å². The lowest BCUT2D eigenvalue weighted by molar-refractivity contribution is 0.121. The number of aromatic nitrogens is 3. The Balaban J connectivity index is 0.00000364. The van der Waals surface area contributed by atoms with Crippen LogP contribution in [0.25, 0.3) is 0 Å². The Kier molecular flexibility index (Phi) is 11.7. The number of hydrogen-bond acceptors (Lipinski definition) is 4. The summed E-state index contributed by atoms with van der Waals surface area (Å²) in [7, 11) is 1.78. The van der Waals surface area contributed by atoms with E-state index in [0.717, 1.165) is 44.3 Å². The molecule has 0 aliphatic heterocycles. The number of hydrogen-bond donors (Lipinski definition) is 2. The van der Waals surface area contributed by atoms with Crippen LogP contribution < -0.4 is 10.6 Å². The molecule has 1 heterocycles. The van der Waals surface area contributed by atoms with E-state index in [1.807, 2.05) is 6.07 Å². The summed E-state index contributed by atoms with van der Waals surface area (Å²) in [6.45, 7) is 7.89.